The van der Waals surface area contributed by atoms with E-state index in [9.17, 15) is 14.7 Å². The monoisotopic (exact) mass is 319 g/mol. The first-order valence-electron chi connectivity index (χ1n) is 8.38. The number of carbonyl (C=O) groups excluding carboxylic acids is 1. The molecule has 0 bridgehead atoms. The molecule has 0 heterocycles. The van der Waals surface area contributed by atoms with Crippen molar-refractivity contribution in [3.8, 4) is 0 Å². The van der Waals surface area contributed by atoms with Gasteiger partial charge in [0.2, 0.25) is 5.91 Å². The zero-order chi connectivity index (χ0) is 17.6. The first-order valence-corrected chi connectivity index (χ1v) is 8.38. The molecule has 0 aliphatic heterocycles. The Hall–Kier alpha value is -1.84. The lowest BCUT2D eigenvalue weighted by Gasteiger charge is -2.22. The molecule has 23 heavy (non-hydrogen) atoms. The summed E-state index contributed by atoms with van der Waals surface area (Å²) in [4.78, 5) is 23.7. The molecule has 1 aromatic rings. The maximum Gasteiger partial charge on any atom is 0.326 e. The van der Waals surface area contributed by atoms with E-state index in [-0.39, 0.29) is 17.7 Å². The smallest absolute Gasteiger partial charge is 0.326 e. The fourth-order valence-corrected chi connectivity index (χ4v) is 2.53. The van der Waals surface area contributed by atoms with Crippen LogP contribution in [-0.4, -0.2) is 23.0 Å². The lowest BCUT2D eigenvalue weighted by molar-refractivity contribution is -0.143. The number of carboxylic acids is 1. The summed E-state index contributed by atoms with van der Waals surface area (Å²) in [5.41, 5.74) is 2.16. The third-order valence-corrected chi connectivity index (χ3v) is 4.29. The predicted molar refractivity (Wildman–Crippen MR) is 92.4 cm³/mol. The molecule has 1 aromatic carbocycles. The Bertz CT molecular complexity index is 522. The maximum absolute atomic E-state index is 12.4. The molecule has 3 atom stereocenters. The molecule has 1 amide bonds. The summed E-state index contributed by atoms with van der Waals surface area (Å²) in [6.07, 6.45) is 1.71. The van der Waals surface area contributed by atoms with Gasteiger partial charge in [0.25, 0.3) is 0 Å². The van der Waals surface area contributed by atoms with Crippen LogP contribution in [0.15, 0.2) is 24.3 Å². The summed E-state index contributed by atoms with van der Waals surface area (Å²) >= 11 is 0. The minimum atomic E-state index is -0.979. The van der Waals surface area contributed by atoms with Crippen molar-refractivity contribution >= 4 is 11.9 Å². The van der Waals surface area contributed by atoms with Crippen LogP contribution in [0.3, 0.4) is 0 Å². The van der Waals surface area contributed by atoms with Gasteiger partial charge in [-0.1, -0.05) is 58.4 Å². The van der Waals surface area contributed by atoms with E-state index in [0.29, 0.717) is 12.3 Å². The zero-order valence-electron chi connectivity index (χ0n) is 14.8. The molecule has 0 spiro atoms. The van der Waals surface area contributed by atoms with E-state index in [2.05, 4.69) is 19.2 Å². The SMILES string of the molecule is CC[C@H](C)[C@H](NC(=O)C(C)c1ccc(CC(C)C)cc1)C(=O)O. The Morgan fingerprint density at radius 1 is 1.09 bits per heavy atom. The zero-order valence-corrected chi connectivity index (χ0v) is 14.8. The molecule has 0 radical (unpaired) electrons. The molecule has 0 fully saturated rings. The van der Waals surface area contributed by atoms with Gasteiger partial charge in [0.05, 0.1) is 5.92 Å². The molecule has 0 saturated carbocycles. The van der Waals surface area contributed by atoms with Crippen molar-refractivity contribution in [2.75, 3.05) is 0 Å². The van der Waals surface area contributed by atoms with Crippen molar-refractivity contribution in [2.24, 2.45) is 11.8 Å². The van der Waals surface area contributed by atoms with Gasteiger partial charge in [0.1, 0.15) is 6.04 Å². The van der Waals surface area contributed by atoms with Crippen molar-refractivity contribution in [1.82, 2.24) is 5.32 Å². The van der Waals surface area contributed by atoms with Crippen molar-refractivity contribution in [3.05, 3.63) is 35.4 Å². The fraction of sp³-hybridized carbons (Fsp3) is 0.579. The second-order valence-corrected chi connectivity index (χ2v) is 6.77. The molecule has 0 aliphatic carbocycles. The number of rotatable bonds is 8. The molecular formula is C19H29NO3. The van der Waals surface area contributed by atoms with Crippen LogP contribution in [-0.2, 0) is 16.0 Å². The molecule has 4 heteroatoms. The highest BCUT2D eigenvalue weighted by Gasteiger charge is 2.27. The van der Waals surface area contributed by atoms with Gasteiger partial charge in [-0.25, -0.2) is 4.79 Å². The van der Waals surface area contributed by atoms with E-state index in [1.807, 2.05) is 45.0 Å². The summed E-state index contributed by atoms with van der Waals surface area (Å²) in [5, 5.41) is 12.0. The van der Waals surface area contributed by atoms with E-state index >= 15 is 0 Å². The largest absolute Gasteiger partial charge is 0.480 e. The second kappa shape index (κ2) is 8.70. The number of hydrogen-bond donors (Lipinski definition) is 2. The van der Waals surface area contributed by atoms with Crippen LogP contribution >= 0.6 is 0 Å². The third-order valence-electron chi connectivity index (χ3n) is 4.29. The first-order chi connectivity index (χ1) is 10.8. The summed E-state index contributed by atoms with van der Waals surface area (Å²) in [6, 6.07) is 7.17. The molecule has 1 rings (SSSR count). The summed E-state index contributed by atoms with van der Waals surface area (Å²) in [7, 11) is 0. The number of carboxylic acid groups (broad SMARTS) is 1. The lowest BCUT2D eigenvalue weighted by atomic mass is 9.94. The van der Waals surface area contributed by atoms with Crippen molar-refractivity contribution in [2.45, 2.75) is 59.4 Å². The normalized spacial score (nSPS) is 15.0. The van der Waals surface area contributed by atoms with E-state index in [1.165, 1.54) is 5.56 Å². The Morgan fingerprint density at radius 2 is 1.65 bits per heavy atom. The van der Waals surface area contributed by atoms with Gasteiger partial charge in [-0.2, -0.15) is 0 Å². The van der Waals surface area contributed by atoms with Crippen LogP contribution in [0.5, 0.6) is 0 Å². The highest BCUT2D eigenvalue weighted by Crippen LogP contribution is 2.19. The van der Waals surface area contributed by atoms with Gasteiger partial charge in [0.15, 0.2) is 0 Å². The van der Waals surface area contributed by atoms with Crippen LogP contribution in [0.25, 0.3) is 0 Å². The van der Waals surface area contributed by atoms with Crippen LogP contribution < -0.4 is 5.32 Å². The van der Waals surface area contributed by atoms with Crippen molar-refractivity contribution in [1.29, 1.82) is 0 Å². The number of amides is 1. The predicted octanol–water partition coefficient (Wildman–Crippen LogP) is 3.60. The van der Waals surface area contributed by atoms with E-state index < -0.39 is 12.0 Å². The number of benzene rings is 1. The Balaban J connectivity index is 2.77. The Kier molecular flexibility index (Phi) is 7.27. The van der Waals surface area contributed by atoms with Gasteiger partial charge >= 0.3 is 5.97 Å². The maximum atomic E-state index is 12.4. The molecule has 0 aliphatic rings. The number of aliphatic carboxylic acids is 1. The summed E-state index contributed by atoms with van der Waals surface area (Å²) < 4.78 is 0. The highest BCUT2D eigenvalue weighted by molar-refractivity contribution is 5.87. The molecule has 4 nitrogen and oxygen atoms in total. The van der Waals surface area contributed by atoms with Crippen LogP contribution in [0.4, 0.5) is 0 Å². The Labute approximate surface area is 139 Å². The second-order valence-electron chi connectivity index (χ2n) is 6.77. The Morgan fingerprint density at radius 3 is 2.09 bits per heavy atom. The van der Waals surface area contributed by atoms with Gasteiger partial charge in [0, 0.05) is 0 Å². The number of carbonyl (C=O) groups is 2. The molecule has 1 unspecified atom stereocenters. The molecule has 128 valence electrons. The lowest BCUT2D eigenvalue weighted by Crippen LogP contribution is -2.46. The quantitative estimate of drug-likeness (QED) is 0.769. The minimum absolute atomic E-state index is 0.0999. The fourth-order valence-electron chi connectivity index (χ4n) is 2.53. The van der Waals surface area contributed by atoms with Crippen LogP contribution in [0, 0.1) is 11.8 Å². The average molecular weight is 319 g/mol. The first kappa shape index (κ1) is 19.2. The van der Waals surface area contributed by atoms with Crippen molar-refractivity contribution < 1.29 is 14.7 Å². The van der Waals surface area contributed by atoms with Gasteiger partial charge in [-0.15, -0.1) is 0 Å². The van der Waals surface area contributed by atoms with Crippen LogP contribution in [0.2, 0.25) is 0 Å². The van der Waals surface area contributed by atoms with Crippen molar-refractivity contribution in [3.63, 3.8) is 0 Å². The number of nitrogens with one attached hydrogen (secondary N) is 1. The van der Waals surface area contributed by atoms with Gasteiger partial charge in [-0.3, -0.25) is 4.79 Å². The molecule has 0 saturated heterocycles. The summed E-state index contributed by atoms with van der Waals surface area (Å²) in [6.45, 7) is 9.91. The van der Waals surface area contributed by atoms with E-state index in [0.717, 1.165) is 12.0 Å². The number of hydrogen-bond acceptors (Lipinski definition) is 2. The third kappa shape index (κ3) is 5.70. The van der Waals surface area contributed by atoms with Crippen LogP contribution in [0.1, 0.15) is 58.1 Å². The molecular weight excluding hydrogens is 290 g/mol. The topological polar surface area (TPSA) is 66.4 Å². The van der Waals surface area contributed by atoms with Gasteiger partial charge < -0.3 is 10.4 Å². The van der Waals surface area contributed by atoms with Gasteiger partial charge in [-0.05, 0) is 36.3 Å². The minimum Gasteiger partial charge on any atom is -0.480 e. The highest BCUT2D eigenvalue weighted by atomic mass is 16.4. The molecule has 0 aromatic heterocycles. The summed E-state index contributed by atoms with van der Waals surface area (Å²) in [5.74, 6) is -1.10. The standard InChI is InChI=1S/C19H29NO3/c1-6-13(4)17(19(22)23)20-18(21)14(5)16-9-7-15(8-10-16)11-12(2)3/h7-10,12-14,17H,6,11H2,1-5H3,(H,20,21)(H,22,23)/t13-,14?,17-/m0/s1. The average Bonchev–Trinajstić information content (AvgIpc) is 2.50. The van der Waals surface area contributed by atoms with E-state index in [1.54, 1.807) is 0 Å². The van der Waals surface area contributed by atoms with E-state index in [4.69, 9.17) is 0 Å². The molecule has 2 N–H and O–H groups in total.